The van der Waals surface area contributed by atoms with Crippen molar-refractivity contribution >= 4 is 40.3 Å². The molecule has 0 aliphatic carbocycles. The van der Waals surface area contributed by atoms with E-state index in [4.69, 9.17) is 21.7 Å². The van der Waals surface area contributed by atoms with Crippen molar-refractivity contribution in [3.63, 3.8) is 0 Å². The summed E-state index contributed by atoms with van der Waals surface area (Å²) >= 11 is 6.63. The number of nitrogens with zero attached hydrogens (tertiary/aromatic N) is 2. The summed E-state index contributed by atoms with van der Waals surface area (Å²) in [6.07, 6.45) is 3.55. The van der Waals surface area contributed by atoms with Gasteiger partial charge in [0.1, 0.15) is 4.32 Å². The lowest BCUT2D eigenvalue weighted by molar-refractivity contribution is -0.123. The number of hydrogen-bond donors (Lipinski definition) is 0. The summed E-state index contributed by atoms with van der Waals surface area (Å²) in [7, 11) is 3.21. The van der Waals surface area contributed by atoms with Gasteiger partial charge in [-0.1, -0.05) is 36.1 Å². The van der Waals surface area contributed by atoms with Crippen LogP contribution in [0.4, 0.5) is 0 Å². The summed E-state index contributed by atoms with van der Waals surface area (Å²) < 4.78 is 11.4. The van der Waals surface area contributed by atoms with Crippen LogP contribution >= 0.6 is 24.0 Å². The van der Waals surface area contributed by atoms with Gasteiger partial charge in [0.05, 0.1) is 24.8 Å². The minimum Gasteiger partial charge on any atom is -0.493 e. The highest BCUT2D eigenvalue weighted by Crippen LogP contribution is 2.37. The number of hydrogen-bond acceptors (Lipinski definition) is 6. The molecule has 1 saturated heterocycles. The van der Waals surface area contributed by atoms with Gasteiger partial charge in [0, 0.05) is 17.8 Å². The molecule has 1 aliphatic rings. The molecule has 1 fully saturated rings. The third kappa shape index (κ3) is 3.84. The van der Waals surface area contributed by atoms with Crippen LogP contribution in [0.5, 0.6) is 11.5 Å². The number of thioether (sulfide) groups is 1. The van der Waals surface area contributed by atoms with E-state index in [1.54, 1.807) is 25.3 Å². The van der Waals surface area contributed by atoms with Crippen LogP contribution in [0.25, 0.3) is 17.3 Å². The average molecular weight is 401 g/mol. The van der Waals surface area contributed by atoms with Gasteiger partial charge in [-0.05, 0) is 43.7 Å². The molecule has 27 heavy (non-hydrogen) atoms. The van der Waals surface area contributed by atoms with Gasteiger partial charge in [0.25, 0.3) is 5.91 Å². The van der Waals surface area contributed by atoms with Gasteiger partial charge >= 0.3 is 0 Å². The molecular formula is C20H20N2O3S2. The topological polar surface area (TPSA) is 51.7 Å². The maximum atomic E-state index is 12.5. The number of benzene rings is 1. The molecule has 1 amide bonds. The Morgan fingerprint density at radius 1 is 1.19 bits per heavy atom. The predicted molar refractivity (Wildman–Crippen MR) is 113 cm³/mol. The molecule has 2 aromatic rings. The second kappa shape index (κ2) is 8.10. The number of ether oxygens (including phenoxy) is 2. The standard InChI is InChI=1S/C20H20N2O3S2/c1-12(2)22-19(23)17(27-20(22)26)10-13-8-9-15(21-11-13)14-6-5-7-16(24-3)18(14)25-4/h5-12H,1-4H3/b17-10-. The molecular weight excluding hydrogens is 380 g/mol. The van der Waals surface area contributed by atoms with Gasteiger partial charge in [0.2, 0.25) is 0 Å². The highest BCUT2D eigenvalue weighted by atomic mass is 32.2. The van der Waals surface area contributed by atoms with Gasteiger partial charge in [-0.3, -0.25) is 14.7 Å². The van der Waals surface area contributed by atoms with Crippen LogP contribution in [0.15, 0.2) is 41.4 Å². The van der Waals surface area contributed by atoms with Crippen LogP contribution < -0.4 is 9.47 Å². The van der Waals surface area contributed by atoms with Crippen molar-refractivity contribution in [2.45, 2.75) is 19.9 Å². The second-order valence-electron chi connectivity index (χ2n) is 6.16. The second-order valence-corrected chi connectivity index (χ2v) is 7.84. The fourth-order valence-corrected chi connectivity index (χ4v) is 4.34. The first-order valence-electron chi connectivity index (χ1n) is 8.40. The molecule has 0 atom stereocenters. The molecule has 140 valence electrons. The molecule has 1 aromatic carbocycles. The molecule has 5 nitrogen and oxygen atoms in total. The lowest BCUT2D eigenvalue weighted by Crippen LogP contribution is -2.34. The van der Waals surface area contributed by atoms with Gasteiger partial charge in [-0.2, -0.15) is 0 Å². The number of pyridine rings is 1. The van der Waals surface area contributed by atoms with Crippen molar-refractivity contribution in [2.75, 3.05) is 14.2 Å². The Hall–Kier alpha value is -2.38. The van der Waals surface area contributed by atoms with Crippen molar-refractivity contribution in [3.8, 4) is 22.8 Å². The number of carbonyl (C=O) groups is 1. The van der Waals surface area contributed by atoms with E-state index in [-0.39, 0.29) is 11.9 Å². The molecule has 3 rings (SSSR count). The zero-order chi connectivity index (χ0) is 19.6. The Kier molecular flexibility index (Phi) is 5.82. The average Bonchev–Trinajstić information content (AvgIpc) is 2.94. The third-order valence-electron chi connectivity index (χ3n) is 4.10. The molecule has 2 heterocycles. The van der Waals surface area contributed by atoms with E-state index >= 15 is 0 Å². The Morgan fingerprint density at radius 2 is 1.96 bits per heavy atom. The Balaban J connectivity index is 1.89. The summed E-state index contributed by atoms with van der Waals surface area (Å²) in [6, 6.07) is 9.52. The fraction of sp³-hybridized carbons (Fsp3) is 0.250. The zero-order valence-corrected chi connectivity index (χ0v) is 17.2. The van der Waals surface area contributed by atoms with E-state index in [2.05, 4.69) is 4.98 Å². The Morgan fingerprint density at radius 3 is 2.52 bits per heavy atom. The van der Waals surface area contributed by atoms with Crippen molar-refractivity contribution in [2.24, 2.45) is 0 Å². The van der Waals surface area contributed by atoms with Crippen LogP contribution in [0.2, 0.25) is 0 Å². The van der Waals surface area contributed by atoms with Crippen LogP contribution in [0, 0.1) is 0 Å². The maximum Gasteiger partial charge on any atom is 0.266 e. The molecule has 0 spiro atoms. The normalized spacial score (nSPS) is 15.7. The van der Waals surface area contributed by atoms with E-state index in [1.807, 2.05) is 50.3 Å². The SMILES string of the molecule is COc1cccc(-c2ccc(/C=C3\SC(=S)N(C(C)C)C3=O)cn2)c1OC. The van der Waals surface area contributed by atoms with Crippen LogP contribution in [0.1, 0.15) is 19.4 Å². The number of thiocarbonyl (C=S) groups is 1. The van der Waals surface area contributed by atoms with Crippen molar-refractivity contribution in [1.29, 1.82) is 0 Å². The first-order valence-corrected chi connectivity index (χ1v) is 9.63. The summed E-state index contributed by atoms with van der Waals surface area (Å²) in [5.74, 6) is 1.23. The summed E-state index contributed by atoms with van der Waals surface area (Å²) in [5, 5.41) is 0. The van der Waals surface area contributed by atoms with Crippen LogP contribution in [-0.4, -0.2) is 40.4 Å². The first-order chi connectivity index (χ1) is 13.0. The smallest absolute Gasteiger partial charge is 0.266 e. The highest BCUT2D eigenvalue weighted by Gasteiger charge is 2.33. The van der Waals surface area contributed by atoms with Crippen LogP contribution in [-0.2, 0) is 4.79 Å². The van der Waals surface area contributed by atoms with Crippen molar-refractivity contribution in [1.82, 2.24) is 9.88 Å². The highest BCUT2D eigenvalue weighted by molar-refractivity contribution is 8.26. The van der Waals surface area contributed by atoms with E-state index in [1.165, 1.54) is 11.8 Å². The summed E-state index contributed by atoms with van der Waals surface area (Å²) in [5.41, 5.74) is 2.44. The Bertz CT molecular complexity index is 908. The van der Waals surface area contributed by atoms with E-state index in [0.29, 0.717) is 20.7 Å². The molecule has 0 unspecified atom stereocenters. The number of amides is 1. The molecule has 0 radical (unpaired) electrons. The molecule has 7 heteroatoms. The molecule has 0 saturated carbocycles. The number of methoxy groups -OCH3 is 2. The first kappa shape index (κ1) is 19.4. The van der Waals surface area contributed by atoms with Gasteiger partial charge in [0.15, 0.2) is 11.5 Å². The van der Waals surface area contributed by atoms with E-state index in [9.17, 15) is 4.79 Å². The number of carbonyl (C=O) groups excluding carboxylic acids is 1. The lowest BCUT2D eigenvalue weighted by atomic mass is 10.1. The number of rotatable bonds is 5. The zero-order valence-electron chi connectivity index (χ0n) is 15.6. The lowest BCUT2D eigenvalue weighted by Gasteiger charge is -2.18. The largest absolute Gasteiger partial charge is 0.493 e. The molecule has 1 aromatic heterocycles. The third-order valence-corrected chi connectivity index (χ3v) is 5.43. The minimum absolute atomic E-state index is 0.0458. The molecule has 1 aliphatic heterocycles. The van der Waals surface area contributed by atoms with E-state index in [0.717, 1.165) is 16.8 Å². The monoisotopic (exact) mass is 400 g/mol. The van der Waals surface area contributed by atoms with Gasteiger partial charge < -0.3 is 9.47 Å². The van der Waals surface area contributed by atoms with E-state index < -0.39 is 0 Å². The predicted octanol–water partition coefficient (Wildman–Crippen LogP) is 4.38. The maximum absolute atomic E-state index is 12.5. The molecule has 0 N–H and O–H groups in total. The summed E-state index contributed by atoms with van der Waals surface area (Å²) in [6.45, 7) is 3.90. The quantitative estimate of drug-likeness (QED) is 0.549. The van der Waals surface area contributed by atoms with Gasteiger partial charge in [-0.15, -0.1) is 0 Å². The number of aromatic nitrogens is 1. The summed E-state index contributed by atoms with van der Waals surface area (Å²) in [4.78, 5) is 19.3. The van der Waals surface area contributed by atoms with Gasteiger partial charge in [-0.25, -0.2) is 0 Å². The Labute approximate surface area is 168 Å². The molecule has 0 bridgehead atoms. The minimum atomic E-state index is -0.0569. The van der Waals surface area contributed by atoms with Crippen molar-refractivity contribution < 1.29 is 14.3 Å². The van der Waals surface area contributed by atoms with Crippen molar-refractivity contribution in [3.05, 3.63) is 47.0 Å². The van der Waals surface area contributed by atoms with Crippen LogP contribution in [0.3, 0.4) is 0 Å². The fourth-order valence-electron chi connectivity index (χ4n) is 2.82. The number of para-hydroxylation sites is 1.